The van der Waals surface area contributed by atoms with Crippen molar-refractivity contribution in [2.75, 3.05) is 13.1 Å². The monoisotopic (exact) mass is 1260 g/mol. The number of nitrogens with one attached hydrogen (secondary N) is 3. The van der Waals surface area contributed by atoms with Gasteiger partial charge in [0.1, 0.15) is 17.5 Å². The van der Waals surface area contributed by atoms with E-state index in [2.05, 4.69) is 70.7 Å². The molecular formula is C70H118F3N5O9S. The van der Waals surface area contributed by atoms with Crippen molar-refractivity contribution in [2.24, 2.45) is 16.7 Å². The predicted octanol–water partition coefficient (Wildman–Crippen LogP) is 15.6. The quantitative estimate of drug-likeness (QED) is 0.224. The molecule has 0 bridgehead atoms. The van der Waals surface area contributed by atoms with Gasteiger partial charge >= 0.3 is 0 Å². The van der Waals surface area contributed by atoms with E-state index >= 15 is 0 Å². The van der Waals surface area contributed by atoms with Gasteiger partial charge in [0.25, 0.3) is 0 Å². The first kappa shape index (κ1) is 86.6. The average Bonchev–Trinajstić information content (AvgIpc) is 3.22. The van der Waals surface area contributed by atoms with Crippen molar-refractivity contribution in [1.82, 2.24) is 25.8 Å². The molecule has 2 heterocycles. The Labute approximate surface area is 531 Å². The van der Waals surface area contributed by atoms with Crippen LogP contribution in [-0.2, 0) is 43.4 Å². The van der Waals surface area contributed by atoms with Gasteiger partial charge in [-0.25, -0.2) is 21.6 Å². The molecule has 0 saturated heterocycles. The molecule has 504 valence electrons. The van der Waals surface area contributed by atoms with Crippen molar-refractivity contribution < 1.29 is 55.2 Å². The van der Waals surface area contributed by atoms with Crippen molar-refractivity contribution in [2.45, 2.75) is 277 Å². The summed E-state index contributed by atoms with van der Waals surface area (Å²) < 4.78 is 60.0. The Hall–Kier alpha value is -5.65. The molecule has 0 fully saturated rings. The summed E-state index contributed by atoms with van der Waals surface area (Å²) in [4.78, 5) is 82.4. The van der Waals surface area contributed by atoms with Crippen LogP contribution in [0.3, 0.4) is 0 Å². The molecule has 3 N–H and O–H groups in total. The third kappa shape index (κ3) is 37.4. The van der Waals surface area contributed by atoms with Crippen LogP contribution in [0.15, 0.2) is 95.3 Å². The summed E-state index contributed by atoms with van der Waals surface area (Å²) in [5.74, 6) is -0.804. The Kier molecular flexibility index (Phi) is 36.3. The number of hydrogen-bond donors (Lipinski definition) is 3. The largest absolute Gasteiger partial charge is 0.348 e. The summed E-state index contributed by atoms with van der Waals surface area (Å²) in [5, 5.41) is 9.19. The smallest absolute Gasteiger partial charge is 0.250 e. The fourth-order valence-corrected chi connectivity index (χ4v) is 8.41. The first-order valence-electron chi connectivity index (χ1n) is 30.6. The average molecular weight is 1260 g/mol. The lowest BCUT2D eigenvalue weighted by Gasteiger charge is -2.36. The minimum atomic E-state index is -3.07. The summed E-state index contributed by atoms with van der Waals surface area (Å²) in [6, 6.07) is 0. The lowest BCUT2D eigenvalue weighted by atomic mass is 9.74. The van der Waals surface area contributed by atoms with Gasteiger partial charge in [0.15, 0.2) is 21.4 Å². The Morgan fingerprint density at radius 1 is 0.568 bits per heavy atom. The maximum Gasteiger partial charge on any atom is 0.250 e. The van der Waals surface area contributed by atoms with Gasteiger partial charge in [-0.15, -0.1) is 0 Å². The number of ketones is 2. The molecule has 1 atom stereocenters. The second-order valence-electron chi connectivity index (χ2n) is 30.4. The van der Waals surface area contributed by atoms with Crippen molar-refractivity contribution >= 4 is 50.9 Å². The van der Waals surface area contributed by atoms with Crippen molar-refractivity contribution in [3.05, 3.63) is 95.3 Å². The van der Waals surface area contributed by atoms with E-state index in [-0.39, 0.29) is 97.0 Å². The number of nitrogens with zero attached hydrogens (tertiary/aromatic N) is 2. The molecule has 5 amide bonds. The Bertz CT molecular complexity index is 2630. The highest BCUT2D eigenvalue weighted by Crippen LogP contribution is 2.33. The Morgan fingerprint density at radius 2 is 0.966 bits per heavy atom. The lowest BCUT2D eigenvalue weighted by molar-refractivity contribution is -0.131. The fraction of sp³-hybridized carbons (Fsp3) is 0.671. The van der Waals surface area contributed by atoms with Crippen LogP contribution in [0.25, 0.3) is 0 Å². The molecule has 3 aliphatic carbocycles. The van der Waals surface area contributed by atoms with E-state index in [1.165, 1.54) is 19.9 Å². The number of halogens is 3. The van der Waals surface area contributed by atoms with Gasteiger partial charge in [-0.2, -0.15) is 0 Å². The van der Waals surface area contributed by atoms with Crippen LogP contribution in [0, 0.1) is 16.7 Å². The second-order valence-corrected chi connectivity index (χ2v) is 33.1. The number of amides is 5. The molecule has 0 spiro atoms. The number of carbonyl (C=O) groups is 7. The maximum absolute atomic E-state index is 13.3. The summed E-state index contributed by atoms with van der Waals surface area (Å²) in [6.07, 6.45) is 19.8. The fourth-order valence-electron chi connectivity index (χ4n) is 7.91. The van der Waals surface area contributed by atoms with Crippen LogP contribution >= 0.6 is 0 Å². The van der Waals surface area contributed by atoms with E-state index in [4.69, 9.17) is 0 Å². The number of allylic oxidation sites excluding steroid dienone is 6. The zero-order valence-electron chi connectivity index (χ0n) is 59.2. The molecule has 18 heteroatoms. The lowest BCUT2D eigenvalue weighted by Crippen LogP contribution is -2.46. The topological polar surface area (TPSA) is 196 Å². The van der Waals surface area contributed by atoms with Crippen LogP contribution in [-0.4, -0.2) is 105 Å². The van der Waals surface area contributed by atoms with Crippen molar-refractivity contribution in [3.63, 3.8) is 0 Å². The van der Waals surface area contributed by atoms with Gasteiger partial charge in [-0.05, 0) is 226 Å². The maximum atomic E-state index is 13.3. The van der Waals surface area contributed by atoms with E-state index < -0.39 is 20.4 Å². The minimum Gasteiger partial charge on any atom is -0.348 e. The first-order valence-corrected chi connectivity index (χ1v) is 32.2. The predicted molar refractivity (Wildman–Crippen MR) is 357 cm³/mol. The zero-order chi connectivity index (χ0) is 70.0. The Morgan fingerprint density at radius 3 is 1.22 bits per heavy atom. The summed E-state index contributed by atoms with van der Waals surface area (Å²) in [6.45, 7) is 57.1. The van der Waals surface area contributed by atoms with Crippen LogP contribution < -0.4 is 16.0 Å². The van der Waals surface area contributed by atoms with E-state index in [0.717, 1.165) is 57.0 Å². The van der Waals surface area contributed by atoms with Gasteiger partial charge in [-0.1, -0.05) is 72.9 Å². The van der Waals surface area contributed by atoms with E-state index in [1.807, 2.05) is 132 Å². The van der Waals surface area contributed by atoms with Gasteiger partial charge in [-0.3, -0.25) is 33.6 Å². The molecule has 0 aromatic heterocycles. The molecule has 5 rings (SSSR count). The molecule has 2 aliphatic heterocycles. The molecule has 0 radical (unpaired) electrons. The summed E-state index contributed by atoms with van der Waals surface area (Å²) >= 11 is 0. The standard InChI is InChI=1S/C11H18FNO.C10H16FNO.C10H16O.C9H16FNO.C9H15NO.C8H13NO.C7H12O.C6H12O2S/c1-11(2,3)13-10(14)8-6-4-5-7-9(8)12;1-10(2,3)12-9(13)7-5-4-6-8(7)11;1-10(2,3)8-6-4-5-7-9(8)11;1-6(7(2)10)8(12)11-9(3,4)5;1-9(2,3)10-7-5-4-6-8(10)11;1-8(2,3)9-6-4-5-7(9)10;1-5-6(8)7(2,3)4;1-5-9(7,8)6(2,3)4/h4-7H2,1-3H3,(H,13,14);4-6H2,1-3H3,(H,12,13);5,7-8H,4,6H2,1-3H3;1-5H3,(H,11,12);4,6H,5,7H2,1-3H3;4-5H,6H2,1-3H3;5H,1H2,2-4H3;5H,1H2,2-4H3/b;;;7-6-;;;;. The van der Waals surface area contributed by atoms with Gasteiger partial charge in [0.05, 0.1) is 4.75 Å². The minimum absolute atomic E-state index is 0.0259. The summed E-state index contributed by atoms with van der Waals surface area (Å²) in [5.41, 5.74) is -0.208. The molecular weight excluding hydrogens is 1140 g/mol. The van der Waals surface area contributed by atoms with Crippen LogP contribution in [0.1, 0.15) is 244 Å². The molecule has 0 saturated carbocycles. The van der Waals surface area contributed by atoms with Crippen molar-refractivity contribution in [3.8, 4) is 0 Å². The second kappa shape index (κ2) is 36.9. The van der Waals surface area contributed by atoms with Crippen LogP contribution in [0.4, 0.5) is 13.2 Å². The highest BCUT2D eigenvalue weighted by Gasteiger charge is 2.32. The highest BCUT2D eigenvalue weighted by molar-refractivity contribution is 7.95. The van der Waals surface area contributed by atoms with Crippen LogP contribution in [0.2, 0.25) is 0 Å². The van der Waals surface area contributed by atoms with E-state index in [0.29, 0.717) is 42.6 Å². The molecule has 0 aromatic rings. The zero-order valence-corrected chi connectivity index (χ0v) is 60.0. The van der Waals surface area contributed by atoms with Crippen LogP contribution in [0.5, 0.6) is 0 Å². The molecule has 1 unspecified atom stereocenters. The SMILES string of the molecule is C/C(F)=C(\C)C(=O)NC(C)(C)C.C=CC(=O)C(C)(C)C.C=CS(=O)(=O)C(C)(C)C.CC(C)(C)C1CCC=CC1=O.CC(C)(C)N1CC=CC1=O.CC(C)(C)N1CCC=CC1=O.CC(C)(C)NC(=O)C1=C(F)CCC1.CC(C)(C)NC(=O)C1=C(F)CCCC1. The van der Waals surface area contributed by atoms with Gasteiger partial charge in [0.2, 0.25) is 29.5 Å². The summed E-state index contributed by atoms with van der Waals surface area (Å²) in [7, 11) is -3.07. The molecule has 5 aliphatic rings. The third-order valence-electron chi connectivity index (χ3n) is 13.2. The Balaban J connectivity index is -0.000000943. The normalized spacial score (nSPS) is 17.5. The van der Waals surface area contributed by atoms with Crippen molar-refractivity contribution in [1.29, 1.82) is 0 Å². The molecule has 0 aromatic carbocycles. The van der Waals surface area contributed by atoms with Gasteiger partial charge < -0.3 is 25.8 Å². The van der Waals surface area contributed by atoms with E-state index in [1.54, 1.807) is 39.0 Å². The number of rotatable bonds is 5. The first-order chi connectivity index (χ1) is 39.4. The van der Waals surface area contributed by atoms with E-state index in [9.17, 15) is 55.2 Å². The number of carbonyl (C=O) groups excluding carboxylic acids is 7. The molecule has 88 heavy (non-hydrogen) atoms. The molecule has 14 nitrogen and oxygen atoms in total. The highest BCUT2D eigenvalue weighted by atomic mass is 32.2. The number of sulfone groups is 1. The third-order valence-corrected chi connectivity index (χ3v) is 15.3. The number of hydrogen-bond acceptors (Lipinski definition) is 9. The van der Waals surface area contributed by atoms with Gasteiger partial charge in [0, 0.05) is 80.3 Å².